The number of hydrogen-bond acceptors (Lipinski definition) is 4. The second kappa shape index (κ2) is 7.32. The summed E-state index contributed by atoms with van der Waals surface area (Å²) in [5.41, 5.74) is 1.30. The molecule has 1 aromatic heterocycles. The van der Waals surface area contributed by atoms with Gasteiger partial charge in [-0.3, -0.25) is 9.78 Å². The minimum atomic E-state index is -0.975. The van der Waals surface area contributed by atoms with Crippen LogP contribution in [0.15, 0.2) is 18.3 Å². The molecular formula is C12H17N3O4. The van der Waals surface area contributed by atoms with Gasteiger partial charge in [0.25, 0.3) is 0 Å². The standard InChI is InChI=1S/C12H17N3O4/c1-8-10(4-3-5-13-8)15-12(18)14-7-9(19-2)6-11(16)17/h3-5,9H,6-7H2,1-2H3,(H,16,17)(H2,14,15,18). The first-order valence-corrected chi connectivity index (χ1v) is 5.74. The van der Waals surface area contributed by atoms with Crippen LogP contribution in [-0.2, 0) is 9.53 Å². The van der Waals surface area contributed by atoms with Gasteiger partial charge in [-0.05, 0) is 19.1 Å². The topological polar surface area (TPSA) is 101 Å². The molecule has 19 heavy (non-hydrogen) atoms. The molecule has 0 fully saturated rings. The molecule has 0 aliphatic carbocycles. The number of nitrogens with zero attached hydrogens (tertiary/aromatic N) is 1. The zero-order valence-corrected chi connectivity index (χ0v) is 10.8. The summed E-state index contributed by atoms with van der Waals surface area (Å²) < 4.78 is 4.95. The quantitative estimate of drug-likeness (QED) is 0.714. The van der Waals surface area contributed by atoms with Crippen molar-refractivity contribution in [2.24, 2.45) is 0 Å². The molecule has 0 saturated carbocycles. The average Bonchev–Trinajstić information content (AvgIpc) is 2.37. The monoisotopic (exact) mass is 267 g/mol. The van der Waals surface area contributed by atoms with Crippen molar-refractivity contribution in [1.82, 2.24) is 10.3 Å². The number of ether oxygens (including phenoxy) is 1. The van der Waals surface area contributed by atoms with Crippen molar-refractivity contribution in [3.05, 3.63) is 24.0 Å². The number of aromatic nitrogens is 1. The molecule has 2 amide bonds. The van der Waals surface area contributed by atoms with Crippen LogP contribution in [0.4, 0.5) is 10.5 Å². The summed E-state index contributed by atoms with van der Waals surface area (Å²) in [4.78, 5) is 26.2. The number of carboxylic acid groups (broad SMARTS) is 1. The molecule has 7 nitrogen and oxygen atoms in total. The Balaban J connectivity index is 2.43. The van der Waals surface area contributed by atoms with E-state index in [1.54, 1.807) is 25.3 Å². The van der Waals surface area contributed by atoms with Crippen molar-refractivity contribution in [3.63, 3.8) is 0 Å². The highest BCUT2D eigenvalue weighted by Crippen LogP contribution is 2.09. The number of hydrogen-bond donors (Lipinski definition) is 3. The van der Waals surface area contributed by atoms with Crippen LogP contribution in [0.1, 0.15) is 12.1 Å². The Kier molecular flexibility index (Phi) is 5.74. The summed E-state index contributed by atoms with van der Waals surface area (Å²) in [5.74, 6) is -0.975. The van der Waals surface area contributed by atoms with Gasteiger partial charge >= 0.3 is 12.0 Å². The summed E-state index contributed by atoms with van der Waals surface area (Å²) in [6.45, 7) is 1.89. The highest BCUT2D eigenvalue weighted by Gasteiger charge is 2.13. The van der Waals surface area contributed by atoms with Crippen LogP contribution in [0.2, 0.25) is 0 Å². The predicted octanol–water partition coefficient (Wildman–Crippen LogP) is 1.00. The SMILES string of the molecule is COC(CNC(=O)Nc1cccnc1C)CC(=O)O. The normalized spacial score (nSPS) is 11.7. The number of carbonyl (C=O) groups excluding carboxylic acids is 1. The van der Waals surface area contributed by atoms with Gasteiger partial charge < -0.3 is 20.5 Å². The molecule has 3 N–H and O–H groups in total. The van der Waals surface area contributed by atoms with Crippen LogP contribution in [-0.4, -0.2) is 41.8 Å². The van der Waals surface area contributed by atoms with E-state index in [1.807, 2.05) is 0 Å². The molecule has 104 valence electrons. The van der Waals surface area contributed by atoms with Crippen molar-refractivity contribution in [2.75, 3.05) is 19.0 Å². The zero-order chi connectivity index (χ0) is 14.3. The van der Waals surface area contributed by atoms with Gasteiger partial charge in [-0.1, -0.05) is 0 Å². The second-order valence-electron chi connectivity index (χ2n) is 3.93. The number of nitrogens with one attached hydrogen (secondary N) is 2. The average molecular weight is 267 g/mol. The number of anilines is 1. The Morgan fingerprint density at radius 2 is 2.26 bits per heavy atom. The van der Waals surface area contributed by atoms with Gasteiger partial charge in [0.05, 0.1) is 23.9 Å². The fourth-order valence-electron chi connectivity index (χ4n) is 1.42. The van der Waals surface area contributed by atoms with E-state index in [9.17, 15) is 9.59 Å². The molecule has 7 heteroatoms. The van der Waals surface area contributed by atoms with E-state index in [2.05, 4.69) is 15.6 Å². The van der Waals surface area contributed by atoms with E-state index < -0.39 is 18.1 Å². The van der Waals surface area contributed by atoms with Crippen molar-refractivity contribution >= 4 is 17.7 Å². The summed E-state index contributed by atoms with van der Waals surface area (Å²) in [6, 6.07) is 3.02. The van der Waals surface area contributed by atoms with Crippen molar-refractivity contribution in [3.8, 4) is 0 Å². The lowest BCUT2D eigenvalue weighted by atomic mass is 10.2. The zero-order valence-electron chi connectivity index (χ0n) is 10.8. The van der Waals surface area contributed by atoms with Crippen LogP contribution < -0.4 is 10.6 Å². The maximum absolute atomic E-state index is 11.6. The number of rotatable bonds is 6. The molecule has 0 radical (unpaired) electrons. The van der Waals surface area contributed by atoms with Crippen LogP contribution in [0.3, 0.4) is 0 Å². The summed E-state index contributed by atoms with van der Waals surface area (Å²) in [5, 5.41) is 13.8. The van der Waals surface area contributed by atoms with Gasteiger partial charge in [-0.2, -0.15) is 0 Å². The van der Waals surface area contributed by atoms with E-state index in [0.29, 0.717) is 11.4 Å². The highest BCUT2D eigenvalue weighted by atomic mass is 16.5. The Morgan fingerprint density at radius 3 is 2.84 bits per heavy atom. The number of aliphatic carboxylic acids is 1. The number of aryl methyl sites for hydroxylation is 1. The molecule has 0 spiro atoms. The van der Waals surface area contributed by atoms with Gasteiger partial charge in [-0.15, -0.1) is 0 Å². The summed E-state index contributed by atoms with van der Waals surface area (Å²) >= 11 is 0. The summed E-state index contributed by atoms with van der Waals surface area (Å²) in [6.07, 6.45) is 0.910. The molecule has 1 rings (SSSR count). The minimum Gasteiger partial charge on any atom is -0.481 e. The van der Waals surface area contributed by atoms with Crippen LogP contribution in [0.25, 0.3) is 0 Å². The van der Waals surface area contributed by atoms with E-state index >= 15 is 0 Å². The second-order valence-corrected chi connectivity index (χ2v) is 3.93. The number of amides is 2. The van der Waals surface area contributed by atoms with E-state index in [1.165, 1.54) is 7.11 Å². The third-order valence-electron chi connectivity index (χ3n) is 2.48. The molecule has 1 atom stereocenters. The molecular weight excluding hydrogens is 250 g/mol. The lowest BCUT2D eigenvalue weighted by Gasteiger charge is -2.14. The smallest absolute Gasteiger partial charge is 0.319 e. The molecule has 0 aliphatic rings. The Labute approximate surface area is 111 Å². The third kappa shape index (κ3) is 5.35. The van der Waals surface area contributed by atoms with E-state index in [-0.39, 0.29) is 13.0 Å². The van der Waals surface area contributed by atoms with Gasteiger partial charge in [0.15, 0.2) is 0 Å². The van der Waals surface area contributed by atoms with Gasteiger partial charge in [0.2, 0.25) is 0 Å². The number of carbonyl (C=O) groups is 2. The van der Waals surface area contributed by atoms with Gasteiger partial charge in [0.1, 0.15) is 0 Å². The molecule has 0 bridgehead atoms. The summed E-state index contributed by atoms with van der Waals surface area (Å²) in [7, 11) is 1.40. The third-order valence-corrected chi connectivity index (χ3v) is 2.48. The first-order valence-electron chi connectivity index (χ1n) is 5.74. The maximum atomic E-state index is 11.6. The van der Waals surface area contributed by atoms with Crippen LogP contribution >= 0.6 is 0 Å². The van der Waals surface area contributed by atoms with Gasteiger partial charge in [0, 0.05) is 19.9 Å². The number of pyridine rings is 1. The largest absolute Gasteiger partial charge is 0.481 e. The van der Waals surface area contributed by atoms with E-state index in [4.69, 9.17) is 9.84 Å². The maximum Gasteiger partial charge on any atom is 0.319 e. The molecule has 0 aromatic carbocycles. The molecule has 1 heterocycles. The lowest BCUT2D eigenvalue weighted by Crippen LogP contribution is -2.37. The molecule has 1 aromatic rings. The Hall–Kier alpha value is -2.15. The predicted molar refractivity (Wildman–Crippen MR) is 69.0 cm³/mol. The number of urea groups is 1. The Morgan fingerprint density at radius 1 is 1.53 bits per heavy atom. The number of methoxy groups -OCH3 is 1. The number of carboxylic acids is 1. The first-order chi connectivity index (χ1) is 9.02. The van der Waals surface area contributed by atoms with Gasteiger partial charge in [-0.25, -0.2) is 4.79 Å². The molecule has 0 saturated heterocycles. The van der Waals surface area contributed by atoms with Crippen molar-refractivity contribution in [2.45, 2.75) is 19.4 Å². The fourth-order valence-corrected chi connectivity index (χ4v) is 1.42. The van der Waals surface area contributed by atoms with Crippen molar-refractivity contribution < 1.29 is 19.4 Å². The molecule has 0 aliphatic heterocycles. The van der Waals surface area contributed by atoms with E-state index in [0.717, 1.165) is 0 Å². The van der Waals surface area contributed by atoms with Crippen LogP contribution in [0, 0.1) is 6.92 Å². The lowest BCUT2D eigenvalue weighted by molar-refractivity contribution is -0.139. The molecule has 1 unspecified atom stereocenters. The highest BCUT2D eigenvalue weighted by molar-refractivity contribution is 5.89. The van der Waals surface area contributed by atoms with Crippen molar-refractivity contribution in [1.29, 1.82) is 0 Å². The minimum absolute atomic E-state index is 0.119. The van der Waals surface area contributed by atoms with Crippen LogP contribution in [0.5, 0.6) is 0 Å². The first kappa shape index (κ1) is 14.9. The fraction of sp³-hybridized carbons (Fsp3) is 0.417. The Bertz CT molecular complexity index is 450.